The van der Waals surface area contributed by atoms with Gasteiger partial charge in [0.15, 0.2) is 0 Å². The molecule has 0 aromatic heterocycles. The zero-order chi connectivity index (χ0) is 12.0. The fourth-order valence-corrected chi connectivity index (χ4v) is 1.78. The van der Waals surface area contributed by atoms with E-state index in [4.69, 9.17) is 0 Å². The number of rotatable bonds is 5. The lowest BCUT2D eigenvalue weighted by Gasteiger charge is -2.08. The van der Waals surface area contributed by atoms with E-state index in [-0.39, 0.29) is 5.75 Å². The third kappa shape index (κ3) is 3.51. The molecule has 0 unspecified atom stereocenters. The van der Waals surface area contributed by atoms with Gasteiger partial charge in [-0.15, -0.1) is 0 Å². The van der Waals surface area contributed by atoms with Crippen molar-refractivity contribution < 1.29 is 13.2 Å². The van der Waals surface area contributed by atoms with E-state index < -0.39 is 10.0 Å². The molecule has 0 aliphatic heterocycles. The topological polar surface area (TPSA) is 63.2 Å². The van der Waals surface area contributed by atoms with Gasteiger partial charge in [0, 0.05) is 0 Å². The normalized spacial score (nSPS) is 11.6. The summed E-state index contributed by atoms with van der Waals surface area (Å²) >= 11 is 0. The van der Waals surface area contributed by atoms with Gasteiger partial charge in [0.25, 0.3) is 0 Å². The lowest BCUT2D eigenvalue weighted by atomic mass is 10.2. The van der Waals surface area contributed by atoms with Crippen molar-refractivity contribution in [1.29, 1.82) is 0 Å². The molecule has 0 spiro atoms. The molecule has 1 N–H and O–H groups in total. The number of benzene rings is 1. The molecule has 0 heterocycles. The van der Waals surface area contributed by atoms with Crippen LogP contribution in [0, 0.1) is 0 Å². The monoisotopic (exact) mass is 239 g/mol. The SMILES string of the molecule is CCS(=O)(=O)Nc1ccccc1/C=C/C=O. The standard InChI is InChI=1S/C11H13NO3S/c1-2-16(14,15)12-11-8-4-3-6-10(11)7-5-9-13/h3-9,12H,2H2,1H3/b7-5+. The number of hydrogen-bond donors (Lipinski definition) is 1. The van der Waals surface area contributed by atoms with Crippen molar-refractivity contribution in [3.05, 3.63) is 35.9 Å². The molecule has 4 nitrogen and oxygen atoms in total. The van der Waals surface area contributed by atoms with Crippen molar-refractivity contribution in [3.63, 3.8) is 0 Å². The van der Waals surface area contributed by atoms with Crippen LogP contribution in [0.15, 0.2) is 30.3 Å². The smallest absolute Gasteiger partial charge is 0.232 e. The van der Waals surface area contributed by atoms with Crippen LogP contribution in [-0.2, 0) is 14.8 Å². The highest BCUT2D eigenvalue weighted by Gasteiger charge is 2.08. The first kappa shape index (κ1) is 12.4. The average molecular weight is 239 g/mol. The maximum Gasteiger partial charge on any atom is 0.232 e. The first-order valence-electron chi connectivity index (χ1n) is 4.80. The van der Waals surface area contributed by atoms with E-state index in [0.717, 1.165) is 0 Å². The molecule has 86 valence electrons. The molecule has 1 aromatic carbocycles. The van der Waals surface area contributed by atoms with Crippen molar-refractivity contribution in [3.8, 4) is 0 Å². The van der Waals surface area contributed by atoms with E-state index in [1.807, 2.05) is 0 Å². The first-order chi connectivity index (χ1) is 7.59. The molecule has 0 fully saturated rings. The Labute approximate surface area is 95.0 Å². The minimum absolute atomic E-state index is 0.0126. The summed E-state index contributed by atoms with van der Waals surface area (Å²) in [7, 11) is -3.29. The summed E-state index contributed by atoms with van der Waals surface area (Å²) in [6, 6.07) is 6.88. The Morgan fingerprint density at radius 3 is 2.62 bits per heavy atom. The molecule has 1 rings (SSSR count). The fourth-order valence-electron chi connectivity index (χ4n) is 1.12. The van der Waals surface area contributed by atoms with Gasteiger partial charge in [-0.3, -0.25) is 9.52 Å². The highest BCUT2D eigenvalue weighted by Crippen LogP contribution is 2.17. The van der Waals surface area contributed by atoms with Crippen LogP contribution >= 0.6 is 0 Å². The van der Waals surface area contributed by atoms with Crippen molar-refractivity contribution in [1.82, 2.24) is 0 Å². The van der Waals surface area contributed by atoms with Gasteiger partial charge in [-0.1, -0.05) is 18.2 Å². The van der Waals surface area contributed by atoms with Crippen LogP contribution in [0.5, 0.6) is 0 Å². The molecule has 0 radical (unpaired) electrons. The van der Waals surface area contributed by atoms with Crippen molar-refractivity contribution >= 4 is 28.1 Å². The number of allylic oxidation sites excluding steroid dienone is 1. The quantitative estimate of drug-likeness (QED) is 0.628. The molecule has 1 aromatic rings. The highest BCUT2D eigenvalue weighted by atomic mass is 32.2. The summed E-state index contributed by atoms with van der Waals surface area (Å²) in [6.07, 6.45) is 3.52. The van der Waals surface area contributed by atoms with Gasteiger partial charge in [0.2, 0.25) is 10.0 Å². The number of anilines is 1. The predicted octanol–water partition coefficient (Wildman–Crippen LogP) is 1.66. The van der Waals surface area contributed by atoms with E-state index >= 15 is 0 Å². The van der Waals surface area contributed by atoms with Crippen molar-refractivity contribution in [2.75, 3.05) is 10.5 Å². The maximum absolute atomic E-state index is 11.4. The van der Waals surface area contributed by atoms with Gasteiger partial charge in [-0.2, -0.15) is 0 Å². The van der Waals surface area contributed by atoms with Crippen molar-refractivity contribution in [2.24, 2.45) is 0 Å². The number of para-hydroxylation sites is 1. The molecule has 5 heteroatoms. The van der Waals surface area contributed by atoms with E-state index in [1.165, 1.54) is 6.08 Å². The van der Waals surface area contributed by atoms with Crippen LogP contribution in [0.1, 0.15) is 12.5 Å². The van der Waals surface area contributed by atoms with Crippen LogP contribution in [0.2, 0.25) is 0 Å². The molecule has 0 bridgehead atoms. The number of carbonyl (C=O) groups is 1. The Balaban J connectivity index is 3.04. The molecular weight excluding hydrogens is 226 g/mol. The van der Waals surface area contributed by atoms with Gasteiger partial charge in [0.1, 0.15) is 6.29 Å². The number of aldehydes is 1. The Kier molecular flexibility index (Phi) is 4.25. The largest absolute Gasteiger partial charge is 0.299 e. The van der Waals surface area contributed by atoms with Crippen LogP contribution < -0.4 is 4.72 Å². The van der Waals surface area contributed by atoms with Gasteiger partial charge >= 0.3 is 0 Å². The second-order valence-electron chi connectivity index (χ2n) is 3.09. The summed E-state index contributed by atoms with van der Waals surface area (Å²) in [5.74, 6) is 0.0126. The lowest BCUT2D eigenvalue weighted by Crippen LogP contribution is -2.15. The second-order valence-corrected chi connectivity index (χ2v) is 5.10. The van der Waals surface area contributed by atoms with E-state index in [9.17, 15) is 13.2 Å². The van der Waals surface area contributed by atoms with Crippen LogP contribution in [-0.4, -0.2) is 20.5 Å². The summed E-state index contributed by atoms with van der Waals surface area (Å²) in [5.41, 5.74) is 1.13. The average Bonchev–Trinajstić information content (AvgIpc) is 2.27. The molecule has 0 aliphatic carbocycles. The second kappa shape index (κ2) is 5.46. The molecule has 0 aliphatic rings. The molecule has 0 saturated carbocycles. The minimum Gasteiger partial charge on any atom is -0.299 e. The maximum atomic E-state index is 11.4. The van der Waals surface area contributed by atoms with Gasteiger partial charge in [-0.05, 0) is 30.7 Å². The Bertz CT molecular complexity index is 492. The van der Waals surface area contributed by atoms with Crippen LogP contribution in [0.3, 0.4) is 0 Å². The third-order valence-electron chi connectivity index (χ3n) is 1.96. The summed E-state index contributed by atoms with van der Waals surface area (Å²) < 4.78 is 25.2. The van der Waals surface area contributed by atoms with Crippen molar-refractivity contribution in [2.45, 2.75) is 6.92 Å². The summed E-state index contributed by atoms with van der Waals surface area (Å²) in [4.78, 5) is 10.2. The number of carbonyl (C=O) groups excluding carboxylic acids is 1. The molecule has 0 atom stereocenters. The minimum atomic E-state index is -3.29. The van der Waals surface area contributed by atoms with Gasteiger partial charge in [0.05, 0.1) is 11.4 Å². The molecule has 0 amide bonds. The Morgan fingerprint density at radius 1 is 1.31 bits per heavy atom. The number of hydrogen-bond acceptors (Lipinski definition) is 3. The third-order valence-corrected chi connectivity index (χ3v) is 3.25. The van der Waals surface area contributed by atoms with E-state index in [2.05, 4.69) is 4.72 Å². The molecular formula is C11H13NO3S. The van der Waals surface area contributed by atoms with Crippen LogP contribution in [0.25, 0.3) is 6.08 Å². The first-order valence-corrected chi connectivity index (χ1v) is 6.45. The van der Waals surface area contributed by atoms with Gasteiger partial charge < -0.3 is 0 Å². The fraction of sp³-hybridized carbons (Fsp3) is 0.182. The number of sulfonamides is 1. The highest BCUT2D eigenvalue weighted by molar-refractivity contribution is 7.92. The summed E-state index contributed by atoms with van der Waals surface area (Å²) in [6.45, 7) is 1.56. The van der Waals surface area contributed by atoms with E-state index in [1.54, 1.807) is 37.3 Å². The van der Waals surface area contributed by atoms with E-state index in [0.29, 0.717) is 17.5 Å². The molecule has 0 saturated heterocycles. The predicted molar refractivity (Wildman–Crippen MR) is 64.6 cm³/mol. The zero-order valence-corrected chi connectivity index (χ0v) is 9.70. The number of nitrogens with one attached hydrogen (secondary N) is 1. The Morgan fingerprint density at radius 2 is 2.00 bits per heavy atom. The summed E-state index contributed by atoms with van der Waals surface area (Å²) in [5, 5.41) is 0. The Hall–Kier alpha value is -1.62. The lowest BCUT2D eigenvalue weighted by molar-refractivity contribution is -0.104. The molecule has 16 heavy (non-hydrogen) atoms. The van der Waals surface area contributed by atoms with Crippen LogP contribution in [0.4, 0.5) is 5.69 Å². The van der Waals surface area contributed by atoms with Gasteiger partial charge in [-0.25, -0.2) is 8.42 Å². The zero-order valence-electron chi connectivity index (χ0n) is 8.88.